The minimum atomic E-state index is 0.153. The highest BCUT2D eigenvalue weighted by Crippen LogP contribution is 2.32. The molecule has 5 nitrogen and oxygen atoms in total. The van der Waals surface area contributed by atoms with Crippen LogP contribution in [0.1, 0.15) is 12.5 Å². The summed E-state index contributed by atoms with van der Waals surface area (Å²) in [6, 6.07) is 13.6. The molecule has 0 saturated heterocycles. The molecule has 0 aliphatic carbocycles. The lowest BCUT2D eigenvalue weighted by Crippen LogP contribution is -1.96. The molecule has 1 aromatic heterocycles. The summed E-state index contributed by atoms with van der Waals surface area (Å²) >= 11 is 3.56. The molecule has 25 heavy (non-hydrogen) atoms. The van der Waals surface area contributed by atoms with Gasteiger partial charge in [-0.25, -0.2) is 4.98 Å². The number of phenolic OH excluding ortho intramolecular Hbond substituents is 1. The summed E-state index contributed by atoms with van der Waals surface area (Å²) in [5, 5.41) is 16.9. The van der Waals surface area contributed by atoms with E-state index in [1.54, 1.807) is 12.3 Å². The SMILES string of the molecule is CCOc1cc(C=NNc2nc(-c3ccccc3)cs2)cc(I)c1O. The Morgan fingerprint density at radius 2 is 2.12 bits per heavy atom. The van der Waals surface area contributed by atoms with Crippen molar-refractivity contribution in [3.8, 4) is 22.8 Å². The van der Waals surface area contributed by atoms with Crippen molar-refractivity contribution in [3.05, 3.63) is 57.0 Å². The quantitative estimate of drug-likeness (QED) is 0.307. The third-order valence-electron chi connectivity index (χ3n) is 3.30. The van der Waals surface area contributed by atoms with Crippen LogP contribution in [-0.2, 0) is 0 Å². The molecule has 7 heteroatoms. The molecule has 0 spiro atoms. The zero-order chi connectivity index (χ0) is 17.6. The Hall–Kier alpha value is -2.13. The number of hydrogen-bond donors (Lipinski definition) is 2. The largest absolute Gasteiger partial charge is 0.504 e. The molecule has 0 fully saturated rings. The molecule has 0 unspecified atom stereocenters. The molecule has 0 amide bonds. The number of halogens is 1. The Balaban J connectivity index is 1.71. The van der Waals surface area contributed by atoms with Crippen LogP contribution < -0.4 is 10.2 Å². The van der Waals surface area contributed by atoms with Gasteiger partial charge in [0.05, 0.1) is 22.1 Å². The van der Waals surface area contributed by atoms with Crippen molar-refractivity contribution < 1.29 is 9.84 Å². The first-order valence-electron chi connectivity index (χ1n) is 7.62. The molecule has 0 aliphatic heterocycles. The van der Waals surface area contributed by atoms with Crippen LogP contribution in [0.15, 0.2) is 52.9 Å². The lowest BCUT2D eigenvalue weighted by Gasteiger charge is -2.08. The lowest BCUT2D eigenvalue weighted by molar-refractivity contribution is 0.317. The van der Waals surface area contributed by atoms with Crippen molar-refractivity contribution in [3.63, 3.8) is 0 Å². The summed E-state index contributed by atoms with van der Waals surface area (Å²) in [6.07, 6.45) is 1.67. The van der Waals surface area contributed by atoms with E-state index in [0.29, 0.717) is 21.1 Å². The van der Waals surface area contributed by atoms with Crippen LogP contribution in [0, 0.1) is 3.57 Å². The minimum absolute atomic E-state index is 0.153. The molecule has 0 saturated carbocycles. The van der Waals surface area contributed by atoms with E-state index in [4.69, 9.17) is 4.74 Å². The smallest absolute Gasteiger partial charge is 0.203 e. The van der Waals surface area contributed by atoms with E-state index in [0.717, 1.165) is 16.8 Å². The Bertz CT molecular complexity index is 881. The highest BCUT2D eigenvalue weighted by atomic mass is 127. The van der Waals surface area contributed by atoms with Crippen LogP contribution >= 0.6 is 33.9 Å². The number of phenols is 1. The third kappa shape index (κ3) is 4.49. The summed E-state index contributed by atoms with van der Waals surface area (Å²) in [5.41, 5.74) is 5.76. The second-order valence-corrected chi connectivity index (χ2v) is 7.08. The van der Waals surface area contributed by atoms with Gasteiger partial charge in [0.15, 0.2) is 11.5 Å². The number of nitrogens with zero attached hydrogens (tertiary/aromatic N) is 2. The fraction of sp³-hybridized carbons (Fsp3) is 0.111. The normalized spacial score (nSPS) is 11.0. The monoisotopic (exact) mass is 465 g/mol. The molecule has 1 heterocycles. The van der Waals surface area contributed by atoms with Crippen molar-refractivity contribution >= 4 is 45.3 Å². The second kappa shape index (κ2) is 8.30. The van der Waals surface area contributed by atoms with Crippen LogP contribution in [-0.4, -0.2) is 22.9 Å². The van der Waals surface area contributed by atoms with Crippen LogP contribution in [0.25, 0.3) is 11.3 Å². The van der Waals surface area contributed by atoms with Gasteiger partial charge in [-0.05, 0) is 47.2 Å². The first-order valence-corrected chi connectivity index (χ1v) is 9.58. The van der Waals surface area contributed by atoms with Crippen LogP contribution in [0.3, 0.4) is 0 Å². The number of aromatic hydroxyl groups is 1. The van der Waals surface area contributed by atoms with Gasteiger partial charge in [0.2, 0.25) is 5.13 Å². The van der Waals surface area contributed by atoms with Crippen molar-refractivity contribution in [1.29, 1.82) is 0 Å². The summed E-state index contributed by atoms with van der Waals surface area (Å²) in [7, 11) is 0. The Kier molecular flexibility index (Phi) is 5.87. The fourth-order valence-corrected chi connectivity index (χ4v) is 3.46. The maximum atomic E-state index is 9.97. The van der Waals surface area contributed by atoms with Gasteiger partial charge in [-0.2, -0.15) is 5.10 Å². The van der Waals surface area contributed by atoms with Gasteiger partial charge in [0, 0.05) is 10.9 Å². The van der Waals surface area contributed by atoms with Crippen LogP contribution in [0.4, 0.5) is 5.13 Å². The first kappa shape index (κ1) is 17.7. The lowest BCUT2D eigenvalue weighted by atomic mass is 10.2. The minimum Gasteiger partial charge on any atom is -0.504 e. The van der Waals surface area contributed by atoms with Gasteiger partial charge in [-0.3, -0.25) is 5.43 Å². The van der Waals surface area contributed by atoms with E-state index in [1.165, 1.54) is 11.3 Å². The topological polar surface area (TPSA) is 66.7 Å². The van der Waals surface area contributed by atoms with E-state index in [2.05, 4.69) is 38.1 Å². The number of hydrazone groups is 1. The fourth-order valence-electron chi connectivity index (χ4n) is 2.16. The molecule has 2 aromatic carbocycles. The molecule has 128 valence electrons. The number of hydrogen-bond acceptors (Lipinski definition) is 6. The Morgan fingerprint density at radius 3 is 2.88 bits per heavy atom. The van der Waals surface area contributed by atoms with Crippen molar-refractivity contribution in [2.45, 2.75) is 6.92 Å². The van der Waals surface area contributed by atoms with E-state index in [1.807, 2.05) is 48.7 Å². The summed E-state index contributed by atoms with van der Waals surface area (Å²) in [6.45, 7) is 2.37. The number of ether oxygens (including phenoxy) is 1. The predicted molar refractivity (Wildman–Crippen MR) is 111 cm³/mol. The average Bonchev–Trinajstić information content (AvgIpc) is 3.09. The van der Waals surface area contributed by atoms with Gasteiger partial charge >= 0.3 is 0 Å². The van der Waals surface area contributed by atoms with Gasteiger partial charge in [0.1, 0.15) is 0 Å². The van der Waals surface area contributed by atoms with Gasteiger partial charge in [-0.15, -0.1) is 11.3 Å². The van der Waals surface area contributed by atoms with Crippen molar-refractivity contribution in [2.75, 3.05) is 12.0 Å². The molecule has 0 aliphatic rings. The molecule has 0 bridgehead atoms. The van der Waals surface area contributed by atoms with E-state index < -0.39 is 0 Å². The van der Waals surface area contributed by atoms with Gasteiger partial charge in [0.25, 0.3) is 0 Å². The molecule has 2 N–H and O–H groups in total. The second-order valence-electron chi connectivity index (χ2n) is 5.06. The zero-order valence-electron chi connectivity index (χ0n) is 13.4. The molecular weight excluding hydrogens is 449 g/mol. The van der Waals surface area contributed by atoms with Crippen LogP contribution in [0.2, 0.25) is 0 Å². The van der Waals surface area contributed by atoms with Crippen molar-refractivity contribution in [2.24, 2.45) is 5.10 Å². The van der Waals surface area contributed by atoms with E-state index in [-0.39, 0.29) is 5.75 Å². The van der Waals surface area contributed by atoms with Crippen molar-refractivity contribution in [1.82, 2.24) is 4.98 Å². The molecule has 0 radical (unpaired) electrons. The summed E-state index contributed by atoms with van der Waals surface area (Å²) in [4.78, 5) is 4.52. The summed E-state index contributed by atoms with van der Waals surface area (Å²) in [5.74, 6) is 0.608. The number of aromatic nitrogens is 1. The van der Waals surface area contributed by atoms with Crippen LogP contribution in [0.5, 0.6) is 11.5 Å². The standard InChI is InChI=1S/C18H16IN3O2S/c1-2-24-16-9-12(8-14(19)17(16)23)10-20-22-18-21-15(11-25-18)13-6-4-3-5-7-13/h3-11,23H,2H2,1H3,(H,21,22). The maximum Gasteiger partial charge on any atom is 0.203 e. The third-order valence-corrected chi connectivity index (χ3v) is 4.87. The maximum absolute atomic E-state index is 9.97. The van der Waals surface area contributed by atoms with Gasteiger partial charge in [-0.1, -0.05) is 30.3 Å². The highest BCUT2D eigenvalue weighted by molar-refractivity contribution is 14.1. The highest BCUT2D eigenvalue weighted by Gasteiger charge is 2.08. The molecule has 3 rings (SSSR count). The number of benzene rings is 2. The first-order chi connectivity index (χ1) is 12.2. The van der Waals surface area contributed by atoms with E-state index >= 15 is 0 Å². The zero-order valence-corrected chi connectivity index (χ0v) is 16.4. The number of nitrogens with one attached hydrogen (secondary N) is 1. The molecule has 0 atom stereocenters. The van der Waals surface area contributed by atoms with Gasteiger partial charge < -0.3 is 9.84 Å². The Labute approximate surface area is 163 Å². The molecule has 3 aromatic rings. The number of thiazole rings is 1. The Morgan fingerprint density at radius 1 is 1.32 bits per heavy atom. The predicted octanol–water partition coefficient (Wildman–Crippen LogP) is 4.97. The summed E-state index contributed by atoms with van der Waals surface area (Å²) < 4.78 is 6.14. The average molecular weight is 465 g/mol. The number of anilines is 1. The molecular formula is C18H16IN3O2S. The number of rotatable bonds is 6. The van der Waals surface area contributed by atoms with E-state index in [9.17, 15) is 5.11 Å².